The molecule has 2 heterocycles. The topological polar surface area (TPSA) is 67.2 Å². The highest BCUT2D eigenvalue weighted by Gasteiger charge is 2.16. The molecule has 0 spiro atoms. The molecule has 0 unspecified atom stereocenters. The van der Waals surface area contributed by atoms with Gasteiger partial charge in [0.2, 0.25) is 0 Å². The third kappa shape index (κ3) is 1.35. The maximum Gasteiger partial charge on any atom is 0.329 e. The standard InChI is InChI=1S/C8H8BrN3O2/c1-12-6-4(2-3-5(9)10-6)7(13)11-8(12)14/h2-3H2,1H3,(H,11,13,14). The van der Waals surface area contributed by atoms with Gasteiger partial charge in [-0.05, 0) is 22.4 Å². The summed E-state index contributed by atoms with van der Waals surface area (Å²) < 4.78 is 2.11. The van der Waals surface area contributed by atoms with Gasteiger partial charge in [0.1, 0.15) is 5.82 Å². The van der Waals surface area contributed by atoms with Crippen LogP contribution in [-0.2, 0) is 13.5 Å². The SMILES string of the molecule is Cn1c2c(c(=O)[nH]c1=O)CCC(Br)=N2. The Morgan fingerprint density at radius 2 is 2.14 bits per heavy atom. The number of H-pyrrole nitrogens is 1. The summed E-state index contributed by atoms with van der Waals surface area (Å²) in [4.78, 5) is 29.0. The Balaban J connectivity index is 2.84. The van der Waals surface area contributed by atoms with E-state index in [0.717, 1.165) is 4.62 Å². The van der Waals surface area contributed by atoms with Crippen LogP contribution in [-0.4, -0.2) is 14.2 Å². The highest BCUT2D eigenvalue weighted by Crippen LogP contribution is 2.22. The summed E-state index contributed by atoms with van der Waals surface area (Å²) in [5.41, 5.74) is -0.179. The molecule has 1 aliphatic heterocycles. The fourth-order valence-electron chi connectivity index (χ4n) is 1.42. The molecule has 2 rings (SSSR count). The van der Waals surface area contributed by atoms with Gasteiger partial charge in [-0.1, -0.05) is 0 Å². The zero-order valence-corrected chi connectivity index (χ0v) is 9.09. The van der Waals surface area contributed by atoms with Gasteiger partial charge in [0.25, 0.3) is 5.56 Å². The molecule has 0 aliphatic carbocycles. The Bertz CT molecular complexity index is 526. The number of nitrogens with zero attached hydrogens (tertiary/aromatic N) is 2. The summed E-state index contributed by atoms with van der Waals surface area (Å²) in [6.07, 6.45) is 1.32. The lowest BCUT2D eigenvalue weighted by atomic mass is 10.1. The van der Waals surface area contributed by atoms with Crippen LogP contribution in [0.2, 0.25) is 0 Å². The van der Waals surface area contributed by atoms with Crippen LogP contribution in [0.15, 0.2) is 14.6 Å². The molecular weight excluding hydrogens is 250 g/mol. The van der Waals surface area contributed by atoms with Crippen LogP contribution in [0.25, 0.3) is 0 Å². The van der Waals surface area contributed by atoms with E-state index in [1.165, 1.54) is 4.57 Å². The normalized spacial score (nSPS) is 14.9. The van der Waals surface area contributed by atoms with Gasteiger partial charge in [-0.15, -0.1) is 0 Å². The first-order valence-electron chi connectivity index (χ1n) is 4.15. The van der Waals surface area contributed by atoms with Crippen molar-refractivity contribution in [1.29, 1.82) is 0 Å². The van der Waals surface area contributed by atoms with Crippen LogP contribution < -0.4 is 11.2 Å². The third-order valence-corrected chi connectivity index (χ3v) is 2.77. The number of fused-ring (bicyclic) bond motifs is 1. The first-order valence-corrected chi connectivity index (χ1v) is 4.94. The molecule has 5 nitrogen and oxygen atoms in total. The number of hydrogen-bond acceptors (Lipinski definition) is 3. The zero-order valence-electron chi connectivity index (χ0n) is 7.50. The van der Waals surface area contributed by atoms with Crippen LogP contribution in [0.3, 0.4) is 0 Å². The molecule has 6 heteroatoms. The number of aromatic amines is 1. The monoisotopic (exact) mass is 257 g/mol. The minimum atomic E-state index is -0.431. The molecule has 1 aromatic rings. The Kier molecular flexibility index (Phi) is 2.14. The molecular formula is C8H8BrN3O2. The van der Waals surface area contributed by atoms with Gasteiger partial charge in [-0.2, -0.15) is 0 Å². The first-order chi connectivity index (χ1) is 6.59. The van der Waals surface area contributed by atoms with Crippen molar-refractivity contribution in [2.45, 2.75) is 12.8 Å². The molecule has 0 amide bonds. The molecule has 0 radical (unpaired) electrons. The van der Waals surface area contributed by atoms with E-state index in [9.17, 15) is 9.59 Å². The van der Waals surface area contributed by atoms with E-state index < -0.39 is 5.69 Å². The molecule has 14 heavy (non-hydrogen) atoms. The lowest BCUT2D eigenvalue weighted by Gasteiger charge is -2.13. The van der Waals surface area contributed by atoms with Gasteiger partial charge < -0.3 is 0 Å². The summed E-state index contributed by atoms with van der Waals surface area (Å²) >= 11 is 3.26. The van der Waals surface area contributed by atoms with E-state index in [1.54, 1.807) is 7.05 Å². The zero-order chi connectivity index (χ0) is 10.3. The Labute approximate surface area is 87.6 Å². The maximum absolute atomic E-state index is 11.4. The van der Waals surface area contributed by atoms with Crippen molar-refractivity contribution in [2.75, 3.05) is 0 Å². The lowest BCUT2D eigenvalue weighted by molar-refractivity contribution is 0.769. The minimum absolute atomic E-state index is 0.327. The maximum atomic E-state index is 11.4. The quantitative estimate of drug-likeness (QED) is 0.733. The van der Waals surface area contributed by atoms with Crippen LogP contribution in [0, 0.1) is 0 Å². The van der Waals surface area contributed by atoms with Crippen molar-refractivity contribution in [1.82, 2.24) is 9.55 Å². The van der Waals surface area contributed by atoms with Gasteiger partial charge in [0, 0.05) is 13.5 Å². The van der Waals surface area contributed by atoms with Crippen molar-refractivity contribution in [3.8, 4) is 0 Å². The van der Waals surface area contributed by atoms with E-state index in [4.69, 9.17) is 0 Å². The van der Waals surface area contributed by atoms with Crippen LogP contribution in [0.1, 0.15) is 12.0 Å². The Hall–Kier alpha value is -1.17. The average molecular weight is 258 g/mol. The molecule has 0 saturated carbocycles. The number of rotatable bonds is 0. The largest absolute Gasteiger partial charge is 0.329 e. The van der Waals surface area contributed by atoms with Crippen LogP contribution in [0.4, 0.5) is 5.82 Å². The number of aromatic nitrogens is 2. The molecule has 1 aliphatic rings. The molecule has 0 fully saturated rings. The van der Waals surface area contributed by atoms with E-state index in [-0.39, 0.29) is 5.56 Å². The third-order valence-electron chi connectivity index (χ3n) is 2.20. The summed E-state index contributed by atoms with van der Waals surface area (Å²) in [7, 11) is 1.59. The molecule has 74 valence electrons. The molecule has 1 aromatic heterocycles. The number of nitrogens with one attached hydrogen (secondary N) is 1. The van der Waals surface area contributed by atoms with Crippen LogP contribution in [0.5, 0.6) is 0 Å². The van der Waals surface area contributed by atoms with Gasteiger partial charge in [0.05, 0.1) is 10.2 Å². The molecule has 0 bridgehead atoms. The molecule has 1 N–H and O–H groups in total. The van der Waals surface area contributed by atoms with E-state index >= 15 is 0 Å². The first kappa shape index (κ1) is 9.39. The predicted octanol–water partition coefficient (Wildman–Crippen LogP) is 0.445. The molecule has 0 atom stereocenters. The van der Waals surface area contributed by atoms with Crippen molar-refractivity contribution in [3.05, 3.63) is 26.4 Å². The van der Waals surface area contributed by atoms with E-state index in [1.807, 2.05) is 0 Å². The number of halogens is 1. The highest BCUT2D eigenvalue weighted by molar-refractivity contribution is 9.18. The fourth-order valence-corrected chi connectivity index (χ4v) is 1.79. The van der Waals surface area contributed by atoms with E-state index in [0.29, 0.717) is 24.2 Å². The van der Waals surface area contributed by atoms with Crippen LogP contribution >= 0.6 is 15.9 Å². The van der Waals surface area contributed by atoms with Crippen molar-refractivity contribution < 1.29 is 0 Å². The second-order valence-electron chi connectivity index (χ2n) is 3.11. The molecule has 0 aromatic carbocycles. The summed E-state index contributed by atoms with van der Waals surface area (Å²) in [6.45, 7) is 0. The van der Waals surface area contributed by atoms with Crippen molar-refractivity contribution in [2.24, 2.45) is 12.0 Å². The lowest BCUT2D eigenvalue weighted by Crippen LogP contribution is -2.32. The second-order valence-corrected chi connectivity index (χ2v) is 4.02. The Morgan fingerprint density at radius 3 is 2.86 bits per heavy atom. The Morgan fingerprint density at radius 1 is 1.43 bits per heavy atom. The summed E-state index contributed by atoms with van der Waals surface area (Å²) in [5, 5.41) is 0. The highest BCUT2D eigenvalue weighted by atomic mass is 79.9. The fraction of sp³-hybridized carbons (Fsp3) is 0.375. The van der Waals surface area contributed by atoms with E-state index in [2.05, 4.69) is 25.9 Å². The predicted molar refractivity (Wildman–Crippen MR) is 56.6 cm³/mol. The van der Waals surface area contributed by atoms with Gasteiger partial charge in [0.15, 0.2) is 0 Å². The van der Waals surface area contributed by atoms with Gasteiger partial charge >= 0.3 is 5.69 Å². The van der Waals surface area contributed by atoms with Gasteiger partial charge in [-0.25, -0.2) is 9.79 Å². The number of aliphatic imine (C=N–C) groups is 1. The van der Waals surface area contributed by atoms with Crippen molar-refractivity contribution >= 4 is 26.4 Å². The molecule has 0 saturated heterocycles. The van der Waals surface area contributed by atoms with Crippen molar-refractivity contribution in [3.63, 3.8) is 0 Å². The average Bonchev–Trinajstić information content (AvgIpc) is 2.14. The van der Waals surface area contributed by atoms with Gasteiger partial charge in [-0.3, -0.25) is 14.3 Å². The summed E-state index contributed by atoms with van der Waals surface area (Å²) in [6, 6.07) is 0. The second kappa shape index (κ2) is 3.20. The number of hydrogen-bond donors (Lipinski definition) is 1. The minimum Gasteiger partial charge on any atom is -0.281 e. The summed E-state index contributed by atoms with van der Waals surface area (Å²) in [5.74, 6) is 0.455. The smallest absolute Gasteiger partial charge is 0.281 e.